The molecule has 0 saturated carbocycles. The van der Waals surface area contributed by atoms with Gasteiger partial charge in [-0.1, -0.05) is 17.7 Å². The van der Waals surface area contributed by atoms with Crippen LogP contribution in [0, 0.1) is 6.92 Å². The molecule has 0 atom stereocenters. The van der Waals surface area contributed by atoms with E-state index in [4.69, 9.17) is 9.47 Å². The number of benzene rings is 1. The molecule has 2 rings (SSSR count). The topological polar surface area (TPSA) is 58.1 Å². The molecular weight excluding hydrogens is 292 g/mol. The van der Waals surface area contributed by atoms with Gasteiger partial charge in [0, 0.05) is 33.2 Å². The second-order valence-corrected chi connectivity index (χ2v) is 5.54. The van der Waals surface area contributed by atoms with Gasteiger partial charge in [0.2, 0.25) is 0 Å². The molecule has 0 radical (unpaired) electrons. The van der Waals surface area contributed by atoms with Crippen molar-refractivity contribution in [3.63, 3.8) is 0 Å². The summed E-state index contributed by atoms with van der Waals surface area (Å²) in [7, 11) is 1.78. The van der Waals surface area contributed by atoms with Gasteiger partial charge in [0.15, 0.2) is 5.96 Å². The first-order valence-electron chi connectivity index (χ1n) is 8.22. The Morgan fingerprint density at radius 1 is 1.17 bits per heavy atom. The highest BCUT2D eigenvalue weighted by atomic mass is 16.5. The summed E-state index contributed by atoms with van der Waals surface area (Å²) in [5, 5.41) is 6.58. The first kappa shape index (κ1) is 17.6. The first-order valence-corrected chi connectivity index (χ1v) is 8.22. The summed E-state index contributed by atoms with van der Waals surface area (Å²) in [6, 6.07) is 8.08. The number of ether oxygens (including phenoxy) is 2. The fraction of sp³-hybridized carbons (Fsp3) is 0.588. The molecule has 0 unspecified atom stereocenters. The summed E-state index contributed by atoms with van der Waals surface area (Å²) < 4.78 is 11.0. The van der Waals surface area contributed by atoms with E-state index in [1.54, 1.807) is 7.05 Å². The Labute approximate surface area is 138 Å². The molecule has 0 amide bonds. The van der Waals surface area contributed by atoms with Crippen LogP contribution in [-0.2, 0) is 4.74 Å². The van der Waals surface area contributed by atoms with Crippen molar-refractivity contribution in [3.8, 4) is 5.75 Å². The van der Waals surface area contributed by atoms with Crippen molar-refractivity contribution < 1.29 is 9.47 Å². The molecule has 1 aromatic rings. The number of hydrogen-bond acceptors (Lipinski definition) is 4. The van der Waals surface area contributed by atoms with E-state index in [0.29, 0.717) is 13.2 Å². The lowest BCUT2D eigenvalue weighted by Crippen LogP contribution is -2.45. The van der Waals surface area contributed by atoms with Crippen LogP contribution in [0.3, 0.4) is 0 Å². The average molecular weight is 320 g/mol. The summed E-state index contributed by atoms with van der Waals surface area (Å²) in [5.41, 5.74) is 1.24. The normalized spacial score (nSPS) is 16.2. The van der Waals surface area contributed by atoms with E-state index in [-0.39, 0.29) is 0 Å². The standard InChI is InChI=1S/C17H28N4O2/c1-15-3-5-16(6-4-15)23-12-8-20-17(18-2)19-7-9-21-10-13-22-14-11-21/h3-6H,7-14H2,1-2H3,(H2,18,19,20). The van der Waals surface area contributed by atoms with Gasteiger partial charge >= 0.3 is 0 Å². The van der Waals surface area contributed by atoms with Crippen LogP contribution in [0.4, 0.5) is 0 Å². The molecule has 0 aliphatic carbocycles. The maximum atomic E-state index is 5.69. The van der Waals surface area contributed by atoms with Gasteiger partial charge in [-0.15, -0.1) is 0 Å². The summed E-state index contributed by atoms with van der Waals surface area (Å²) in [5.74, 6) is 1.71. The fourth-order valence-electron chi connectivity index (χ4n) is 2.35. The molecule has 128 valence electrons. The van der Waals surface area contributed by atoms with Crippen molar-refractivity contribution in [2.45, 2.75) is 6.92 Å². The van der Waals surface area contributed by atoms with E-state index < -0.39 is 0 Å². The Bertz CT molecular complexity index is 470. The molecule has 1 fully saturated rings. The summed E-state index contributed by atoms with van der Waals surface area (Å²) in [6.07, 6.45) is 0. The fourth-order valence-corrected chi connectivity index (χ4v) is 2.35. The van der Waals surface area contributed by atoms with Crippen molar-refractivity contribution in [2.24, 2.45) is 4.99 Å². The molecule has 1 saturated heterocycles. The highest BCUT2D eigenvalue weighted by Gasteiger charge is 2.09. The molecular formula is C17H28N4O2. The Balaban J connectivity index is 1.56. The number of hydrogen-bond donors (Lipinski definition) is 2. The smallest absolute Gasteiger partial charge is 0.191 e. The predicted octanol–water partition coefficient (Wildman–Crippen LogP) is 0.871. The molecule has 1 aliphatic heterocycles. The van der Waals surface area contributed by atoms with Gasteiger partial charge < -0.3 is 20.1 Å². The maximum absolute atomic E-state index is 5.69. The van der Waals surface area contributed by atoms with Crippen molar-refractivity contribution in [1.82, 2.24) is 15.5 Å². The van der Waals surface area contributed by atoms with E-state index in [1.165, 1.54) is 5.56 Å². The first-order chi connectivity index (χ1) is 11.3. The highest BCUT2D eigenvalue weighted by Crippen LogP contribution is 2.10. The zero-order valence-electron chi connectivity index (χ0n) is 14.2. The molecule has 6 heteroatoms. The second-order valence-electron chi connectivity index (χ2n) is 5.54. The number of nitrogens with zero attached hydrogens (tertiary/aromatic N) is 2. The lowest BCUT2D eigenvalue weighted by atomic mass is 10.2. The van der Waals surface area contributed by atoms with Gasteiger partial charge in [0.1, 0.15) is 12.4 Å². The van der Waals surface area contributed by atoms with Crippen LogP contribution in [0.5, 0.6) is 5.75 Å². The summed E-state index contributed by atoms with van der Waals surface area (Å²) >= 11 is 0. The van der Waals surface area contributed by atoms with Gasteiger partial charge in [-0.2, -0.15) is 0 Å². The number of morpholine rings is 1. The van der Waals surface area contributed by atoms with Crippen molar-refractivity contribution in [1.29, 1.82) is 0 Å². The number of guanidine groups is 1. The largest absolute Gasteiger partial charge is 0.492 e. The van der Waals surface area contributed by atoms with Gasteiger partial charge in [0.05, 0.1) is 19.8 Å². The Morgan fingerprint density at radius 2 is 1.87 bits per heavy atom. The van der Waals surface area contributed by atoms with E-state index in [2.05, 4.69) is 39.6 Å². The van der Waals surface area contributed by atoms with Gasteiger partial charge in [-0.05, 0) is 19.1 Å². The number of nitrogens with one attached hydrogen (secondary N) is 2. The van der Waals surface area contributed by atoms with Gasteiger partial charge in [-0.3, -0.25) is 9.89 Å². The zero-order valence-corrected chi connectivity index (χ0v) is 14.2. The minimum atomic E-state index is 0.604. The van der Waals surface area contributed by atoms with Gasteiger partial charge in [0.25, 0.3) is 0 Å². The maximum Gasteiger partial charge on any atom is 0.191 e. The minimum Gasteiger partial charge on any atom is -0.492 e. The predicted molar refractivity (Wildman–Crippen MR) is 93.3 cm³/mol. The van der Waals surface area contributed by atoms with E-state index >= 15 is 0 Å². The Hall–Kier alpha value is -1.79. The minimum absolute atomic E-state index is 0.604. The van der Waals surface area contributed by atoms with E-state index in [9.17, 15) is 0 Å². The highest BCUT2D eigenvalue weighted by molar-refractivity contribution is 5.79. The van der Waals surface area contributed by atoms with Crippen molar-refractivity contribution >= 4 is 5.96 Å². The van der Waals surface area contributed by atoms with Crippen LogP contribution in [0.25, 0.3) is 0 Å². The third kappa shape index (κ3) is 6.88. The summed E-state index contributed by atoms with van der Waals surface area (Å²) in [6.45, 7) is 8.96. The van der Waals surface area contributed by atoms with Gasteiger partial charge in [-0.25, -0.2) is 0 Å². The quantitative estimate of drug-likeness (QED) is 0.444. The van der Waals surface area contributed by atoms with E-state index in [1.807, 2.05) is 12.1 Å². The number of rotatable bonds is 7. The number of aliphatic imine (C=N–C) groups is 1. The Kier molecular flexibility index (Phi) is 7.69. The zero-order chi connectivity index (χ0) is 16.3. The Morgan fingerprint density at radius 3 is 2.57 bits per heavy atom. The second kappa shape index (κ2) is 10.1. The van der Waals surface area contributed by atoms with Crippen LogP contribution < -0.4 is 15.4 Å². The lowest BCUT2D eigenvalue weighted by molar-refractivity contribution is 0.0389. The SMILES string of the molecule is CN=C(NCCOc1ccc(C)cc1)NCCN1CCOCC1. The molecule has 2 N–H and O–H groups in total. The van der Waals surface area contributed by atoms with E-state index in [0.717, 1.165) is 51.1 Å². The van der Waals surface area contributed by atoms with Crippen LogP contribution in [0.1, 0.15) is 5.56 Å². The molecule has 23 heavy (non-hydrogen) atoms. The molecule has 6 nitrogen and oxygen atoms in total. The van der Waals surface area contributed by atoms with Crippen LogP contribution >= 0.6 is 0 Å². The van der Waals surface area contributed by atoms with Crippen molar-refractivity contribution in [2.75, 3.05) is 59.6 Å². The van der Waals surface area contributed by atoms with Crippen LogP contribution in [0.15, 0.2) is 29.3 Å². The molecule has 1 aromatic carbocycles. The molecule has 1 heterocycles. The lowest BCUT2D eigenvalue weighted by Gasteiger charge is -2.26. The summed E-state index contributed by atoms with van der Waals surface area (Å²) in [4.78, 5) is 6.62. The van der Waals surface area contributed by atoms with Crippen LogP contribution in [0.2, 0.25) is 0 Å². The molecule has 0 spiro atoms. The molecule has 1 aliphatic rings. The van der Waals surface area contributed by atoms with Crippen molar-refractivity contribution in [3.05, 3.63) is 29.8 Å². The number of aryl methyl sites for hydroxylation is 1. The average Bonchev–Trinajstić information content (AvgIpc) is 2.59. The third-order valence-electron chi connectivity index (χ3n) is 3.73. The van der Waals surface area contributed by atoms with Crippen LogP contribution in [-0.4, -0.2) is 70.5 Å². The third-order valence-corrected chi connectivity index (χ3v) is 3.73. The molecule has 0 bridgehead atoms. The monoisotopic (exact) mass is 320 g/mol. The molecule has 0 aromatic heterocycles.